The number of hydrogen-bond donors (Lipinski definition) is 2. The van der Waals surface area contributed by atoms with Gasteiger partial charge < -0.3 is 9.84 Å². The molecule has 0 aromatic heterocycles. The highest BCUT2D eigenvalue weighted by molar-refractivity contribution is 5.79. The van der Waals surface area contributed by atoms with E-state index >= 15 is 0 Å². The molecule has 15 heavy (non-hydrogen) atoms. The molecule has 0 unspecified atom stereocenters. The van der Waals surface area contributed by atoms with Crippen molar-refractivity contribution in [2.45, 2.75) is 13.0 Å². The van der Waals surface area contributed by atoms with Gasteiger partial charge in [0.25, 0.3) is 0 Å². The van der Waals surface area contributed by atoms with Crippen molar-refractivity contribution < 1.29 is 18.6 Å². The first-order valence-electron chi connectivity index (χ1n) is 4.40. The summed E-state index contributed by atoms with van der Waals surface area (Å²) in [5.41, 5.74) is -0.171. The number of aliphatic hydroxyl groups is 1. The van der Waals surface area contributed by atoms with E-state index in [1.165, 1.54) is 0 Å². The van der Waals surface area contributed by atoms with E-state index in [0.29, 0.717) is 6.07 Å². The smallest absolute Gasteiger partial charge is 0.215 e. The molecule has 0 amide bonds. The Morgan fingerprint density at radius 1 is 1.53 bits per heavy atom. The fourth-order valence-corrected chi connectivity index (χ4v) is 1.10. The summed E-state index contributed by atoms with van der Waals surface area (Å²) in [4.78, 5) is 0. The van der Waals surface area contributed by atoms with Crippen molar-refractivity contribution in [1.82, 2.24) is 0 Å². The minimum Gasteiger partial charge on any atom is -0.479 e. The van der Waals surface area contributed by atoms with E-state index in [1.807, 2.05) is 0 Å². The van der Waals surface area contributed by atoms with Gasteiger partial charge in [-0.3, -0.25) is 5.41 Å². The molecule has 3 nitrogen and oxygen atoms in total. The van der Waals surface area contributed by atoms with Crippen LogP contribution in [-0.4, -0.2) is 17.6 Å². The van der Waals surface area contributed by atoms with Gasteiger partial charge in [0.1, 0.15) is 11.6 Å². The molecule has 0 heterocycles. The van der Waals surface area contributed by atoms with Crippen LogP contribution in [0.2, 0.25) is 0 Å². The lowest BCUT2D eigenvalue weighted by atomic mass is 10.1. The Balaban J connectivity index is 2.91. The monoisotopic (exact) mass is 215 g/mol. The van der Waals surface area contributed by atoms with E-state index in [-0.39, 0.29) is 12.2 Å². The SMILES string of the molecule is CCOC(=N)[C@H](O)c1ccc(F)cc1F. The van der Waals surface area contributed by atoms with Gasteiger partial charge in [0.2, 0.25) is 5.90 Å². The lowest BCUT2D eigenvalue weighted by Crippen LogP contribution is -2.15. The molecule has 5 heteroatoms. The highest BCUT2D eigenvalue weighted by Gasteiger charge is 2.19. The Hall–Kier alpha value is -1.49. The molecule has 0 spiro atoms. The van der Waals surface area contributed by atoms with E-state index in [0.717, 1.165) is 12.1 Å². The van der Waals surface area contributed by atoms with Gasteiger partial charge in [0, 0.05) is 11.6 Å². The topological polar surface area (TPSA) is 53.3 Å². The second kappa shape index (κ2) is 4.84. The fourth-order valence-electron chi connectivity index (χ4n) is 1.10. The van der Waals surface area contributed by atoms with Crippen LogP contribution in [0.4, 0.5) is 8.78 Å². The van der Waals surface area contributed by atoms with Gasteiger partial charge in [-0.05, 0) is 13.0 Å². The molecule has 0 fully saturated rings. The summed E-state index contributed by atoms with van der Waals surface area (Å²) in [6.45, 7) is 1.85. The van der Waals surface area contributed by atoms with Crippen molar-refractivity contribution in [1.29, 1.82) is 5.41 Å². The highest BCUT2D eigenvalue weighted by atomic mass is 19.1. The molecule has 1 aromatic rings. The molecule has 82 valence electrons. The second-order valence-electron chi connectivity index (χ2n) is 2.87. The molecule has 1 atom stereocenters. The Morgan fingerprint density at radius 2 is 2.20 bits per heavy atom. The summed E-state index contributed by atoms with van der Waals surface area (Å²) in [6.07, 6.45) is -1.49. The zero-order chi connectivity index (χ0) is 11.4. The Bertz CT molecular complexity index is 368. The fraction of sp³-hybridized carbons (Fsp3) is 0.300. The van der Waals surface area contributed by atoms with Gasteiger partial charge in [0.15, 0.2) is 6.10 Å². The van der Waals surface area contributed by atoms with Crippen LogP contribution in [0.3, 0.4) is 0 Å². The van der Waals surface area contributed by atoms with Crippen LogP contribution in [0.25, 0.3) is 0 Å². The van der Waals surface area contributed by atoms with Gasteiger partial charge in [-0.15, -0.1) is 0 Å². The number of halogens is 2. The quantitative estimate of drug-likeness (QED) is 0.598. The third-order valence-corrected chi connectivity index (χ3v) is 1.81. The van der Waals surface area contributed by atoms with E-state index < -0.39 is 23.6 Å². The summed E-state index contributed by atoms with van der Waals surface area (Å²) in [6, 6.07) is 2.75. The minimum absolute atomic E-state index is 0.171. The van der Waals surface area contributed by atoms with E-state index in [1.54, 1.807) is 6.92 Å². The van der Waals surface area contributed by atoms with E-state index in [2.05, 4.69) is 0 Å². The Kier molecular flexibility index (Phi) is 3.74. The molecule has 1 rings (SSSR count). The van der Waals surface area contributed by atoms with E-state index in [4.69, 9.17) is 10.1 Å². The normalized spacial score (nSPS) is 12.3. The first-order valence-corrected chi connectivity index (χ1v) is 4.40. The predicted molar refractivity (Wildman–Crippen MR) is 50.7 cm³/mol. The third-order valence-electron chi connectivity index (χ3n) is 1.81. The molecule has 0 aliphatic heterocycles. The molecule has 0 saturated heterocycles. The van der Waals surface area contributed by atoms with Crippen molar-refractivity contribution in [3.8, 4) is 0 Å². The molecular formula is C10H11F2NO2. The van der Waals surface area contributed by atoms with Crippen LogP contribution in [0, 0.1) is 17.0 Å². The van der Waals surface area contributed by atoms with Crippen LogP contribution >= 0.6 is 0 Å². The minimum atomic E-state index is -1.49. The number of nitrogens with one attached hydrogen (secondary N) is 1. The number of ether oxygens (including phenoxy) is 1. The van der Waals surface area contributed by atoms with Gasteiger partial charge in [-0.1, -0.05) is 6.07 Å². The average molecular weight is 215 g/mol. The van der Waals surface area contributed by atoms with Crippen LogP contribution in [-0.2, 0) is 4.74 Å². The largest absolute Gasteiger partial charge is 0.479 e. The van der Waals surface area contributed by atoms with Crippen LogP contribution in [0.5, 0.6) is 0 Å². The summed E-state index contributed by atoms with van der Waals surface area (Å²) >= 11 is 0. The van der Waals surface area contributed by atoms with Gasteiger partial charge in [-0.2, -0.15) is 0 Å². The maximum Gasteiger partial charge on any atom is 0.215 e. The van der Waals surface area contributed by atoms with Crippen LogP contribution in [0.15, 0.2) is 18.2 Å². The first kappa shape index (κ1) is 11.6. The molecule has 1 aromatic carbocycles. The highest BCUT2D eigenvalue weighted by Crippen LogP contribution is 2.19. The molecule has 2 N–H and O–H groups in total. The number of rotatable bonds is 3. The molecular weight excluding hydrogens is 204 g/mol. The summed E-state index contributed by atoms with van der Waals surface area (Å²) in [5, 5.41) is 16.7. The average Bonchev–Trinajstić information content (AvgIpc) is 2.17. The molecule has 0 radical (unpaired) electrons. The second-order valence-corrected chi connectivity index (χ2v) is 2.87. The van der Waals surface area contributed by atoms with Crippen molar-refractivity contribution in [2.24, 2.45) is 0 Å². The standard InChI is InChI=1S/C10H11F2NO2/c1-2-15-10(13)9(14)7-4-3-6(11)5-8(7)12/h3-5,9,13-14H,2H2,1H3/t9-/m1/s1. The van der Waals surface area contributed by atoms with Crippen LogP contribution in [0.1, 0.15) is 18.6 Å². The summed E-state index contributed by atoms with van der Waals surface area (Å²) in [7, 11) is 0. The van der Waals surface area contributed by atoms with Gasteiger partial charge >= 0.3 is 0 Å². The lowest BCUT2D eigenvalue weighted by Gasteiger charge is -2.13. The summed E-state index contributed by atoms with van der Waals surface area (Å²) in [5.74, 6) is -2.08. The number of hydrogen-bond acceptors (Lipinski definition) is 3. The van der Waals surface area contributed by atoms with Crippen LogP contribution < -0.4 is 0 Å². The lowest BCUT2D eigenvalue weighted by molar-refractivity contribution is 0.186. The van der Waals surface area contributed by atoms with Crippen molar-refractivity contribution in [2.75, 3.05) is 6.61 Å². The number of aliphatic hydroxyl groups excluding tert-OH is 1. The molecule has 0 aliphatic rings. The van der Waals surface area contributed by atoms with Gasteiger partial charge in [-0.25, -0.2) is 8.78 Å². The maximum absolute atomic E-state index is 13.1. The Morgan fingerprint density at radius 3 is 2.73 bits per heavy atom. The molecule has 0 saturated carbocycles. The number of benzene rings is 1. The predicted octanol–water partition coefficient (Wildman–Crippen LogP) is 2.01. The molecule has 0 aliphatic carbocycles. The summed E-state index contributed by atoms with van der Waals surface area (Å²) < 4.78 is 30.4. The zero-order valence-corrected chi connectivity index (χ0v) is 8.13. The Labute approximate surface area is 85.8 Å². The maximum atomic E-state index is 13.1. The van der Waals surface area contributed by atoms with E-state index in [9.17, 15) is 13.9 Å². The van der Waals surface area contributed by atoms with Crippen molar-refractivity contribution in [3.05, 3.63) is 35.4 Å². The van der Waals surface area contributed by atoms with Crippen molar-refractivity contribution >= 4 is 5.90 Å². The third kappa shape index (κ3) is 2.73. The van der Waals surface area contributed by atoms with Crippen molar-refractivity contribution in [3.63, 3.8) is 0 Å². The molecule has 0 bridgehead atoms. The van der Waals surface area contributed by atoms with Gasteiger partial charge in [0.05, 0.1) is 6.61 Å². The zero-order valence-electron chi connectivity index (χ0n) is 8.13. The first-order chi connectivity index (χ1) is 7.06.